The highest BCUT2D eigenvalue weighted by atomic mass is 19.3. The zero-order valence-electron chi connectivity index (χ0n) is 12.1. The Labute approximate surface area is 127 Å². The summed E-state index contributed by atoms with van der Waals surface area (Å²) in [6, 6.07) is 12.1. The highest BCUT2D eigenvalue weighted by Gasteiger charge is 2.32. The molecule has 2 aromatic carbocycles. The number of fused-ring (bicyclic) bond motifs is 1. The van der Waals surface area contributed by atoms with Gasteiger partial charge in [-0.2, -0.15) is 8.78 Å². The molecule has 0 spiro atoms. The van der Waals surface area contributed by atoms with Crippen molar-refractivity contribution in [2.75, 3.05) is 33.0 Å². The summed E-state index contributed by atoms with van der Waals surface area (Å²) in [4.78, 5) is 0. The molecule has 118 valence electrons. The van der Waals surface area contributed by atoms with Gasteiger partial charge in [-0.1, -0.05) is 36.4 Å². The van der Waals surface area contributed by atoms with Crippen LogP contribution in [0.1, 0.15) is 5.56 Å². The maximum atomic E-state index is 14.2. The molecule has 0 saturated carbocycles. The molecule has 0 aliphatic carbocycles. The zero-order chi connectivity index (χ0) is 15.4. The number of hydrogen-bond acceptors (Lipinski definition) is 3. The average molecular weight is 308 g/mol. The lowest BCUT2D eigenvalue weighted by molar-refractivity contribution is -0.140. The third-order valence-electron chi connectivity index (χ3n) is 3.64. The molecule has 0 amide bonds. The first-order valence-corrected chi connectivity index (χ1v) is 7.29. The van der Waals surface area contributed by atoms with Crippen molar-refractivity contribution in [2.24, 2.45) is 0 Å². The highest BCUT2D eigenvalue weighted by molar-refractivity contribution is 5.83. The monoisotopic (exact) mass is 308 g/mol. The van der Waals surface area contributed by atoms with Crippen molar-refractivity contribution in [1.82, 2.24) is 0 Å². The van der Waals surface area contributed by atoms with Gasteiger partial charge in [0.1, 0.15) is 12.7 Å². The third-order valence-corrected chi connectivity index (χ3v) is 3.64. The lowest BCUT2D eigenvalue weighted by atomic mass is 10.0. The summed E-state index contributed by atoms with van der Waals surface area (Å²) in [6.07, 6.45) is -0.263. The Morgan fingerprint density at radius 1 is 1.09 bits per heavy atom. The van der Waals surface area contributed by atoms with Gasteiger partial charge in [-0.15, -0.1) is 0 Å². The van der Waals surface area contributed by atoms with Crippen LogP contribution in [0.5, 0.6) is 0 Å². The molecule has 3 rings (SSSR count). The number of ether oxygens (including phenoxy) is 3. The predicted molar refractivity (Wildman–Crippen MR) is 79.2 cm³/mol. The van der Waals surface area contributed by atoms with Gasteiger partial charge in [0, 0.05) is 5.56 Å². The lowest BCUT2D eigenvalue weighted by Gasteiger charge is -2.24. The Morgan fingerprint density at radius 2 is 1.91 bits per heavy atom. The van der Waals surface area contributed by atoms with Crippen LogP contribution in [0.4, 0.5) is 8.78 Å². The van der Waals surface area contributed by atoms with Gasteiger partial charge in [-0.05, 0) is 16.8 Å². The molecule has 0 unspecified atom stereocenters. The van der Waals surface area contributed by atoms with Crippen molar-refractivity contribution in [3.8, 4) is 0 Å². The molecule has 1 saturated heterocycles. The second-order valence-corrected chi connectivity index (χ2v) is 5.35. The minimum atomic E-state index is -3.03. The van der Waals surface area contributed by atoms with E-state index in [2.05, 4.69) is 0 Å². The fourth-order valence-corrected chi connectivity index (χ4v) is 2.45. The molecular weight excluding hydrogens is 290 g/mol. The van der Waals surface area contributed by atoms with Crippen molar-refractivity contribution in [1.29, 1.82) is 0 Å². The number of halogens is 2. The first kappa shape index (κ1) is 15.3. The Morgan fingerprint density at radius 3 is 2.68 bits per heavy atom. The van der Waals surface area contributed by atoms with Crippen LogP contribution in [0.25, 0.3) is 10.8 Å². The Kier molecular flexibility index (Phi) is 4.66. The van der Waals surface area contributed by atoms with Crippen LogP contribution in [-0.2, 0) is 20.1 Å². The molecule has 0 N–H and O–H groups in total. The molecule has 22 heavy (non-hydrogen) atoms. The molecule has 1 aliphatic heterocycles. The second-order valence-electron chi connectivity index (χ2n) is 5.35. The maximum absolute atomic E-state index is 14.2. The molecule has 5 heteroatoms. The minimum Gasteiger partial charge on any atom is -0.376 e. The summed E-state index contributed by atoms with van der Waals surface area (Å²) in [5.41, 5.74) is -0.0352. The molecule has 0 aromatic heterocycles. The van der Waals surface area contributed by atoms with E-state index in [-0.39, 0.29) is 18.3 Å². The lowest BCUT2D eigenvalue weighted by Crippen LogP contribution is -2.34. The van der Waals surface area contributed by atoms with Crippen LogP contribution in [-0.4, -0.2) is 39.1 Å². The molecular formula is C17H18F2O3. The minimum absolute atomic E-state index is 0.0352. The first-order valence-electron chi connectivity index (χ1n) is 7.29. The van der Waals surface area contributed by atoms with Crippen LogP contribution in [0.2, 0.25) is 0 Å². The van der Waals surface area contributed by atoms with Crippen LogP contribution in [0, 0.1) is 0 Å². The first-order chi connectivity index (χ1) is 10.6. The van der Waals surface area contributed by atoms with E-state index >= 15 is 0 Å². The third kappa shape index (κ3) is 3.61. The van der Waals surface area contributed by atoms with Crippen LogP contribution >= 0.6 is 0 Å². The molecule has 1 fully saturated rings. The number of hydrogen-bond donors (Lipinski definition) is 0. The molecule has 0 bridgehead atoms. The quantitative estimate of drug-likeness (QED) is 0.847. The highest BCUT2D eigenvalue weighted by Crippen LogP contribution is 2.30. The molecule has 0 radical (unpaired) electrons. The fraction of sp³-hybridized carbons (Fsp3) is 0.412. The van der Waals surface area contributed by atoms with E-state index in [1.807, 2.05) is 24.3 Å². The Bertz CT molecular complexity index is 624. The van der Waals surface area contributed by atoms with E-state index in [9.17, 15) is 8.78 Å². The van der Waals surface area contributed by atoms with Gasteiger partial charge in [-0.3, -0.25) is 0 Å². The predicted octanol–water partition coefficient (Wildman–Crippen LogP) is 3.36. The van der Waals surface area contributed by atoms with E-state index in [4.69, 9.17) is 14.2 Å². The smallest absolute Gasteiger partial charge is 0.296 e. The van der Waals surface area contributed by atoms with Gasteiger partial charge in [-0.25, -0.2) is 0 Å². The maximum Gasteiger partial charge on any atom is 0.296 e. The van der Waals surface area contributed by atoms with Gasteiger partial charge in [0.15, 0.2) is 0 Å². The van der Waals surface area contributed by atoms with Crippen LogP contribution in [0.15, 0.2) is 42.5 Å². The van der Waals surface area contributed by atoms with E-state index < -0.39 is 12.5 Å². The molecule has 1 atom stereocenters. The Balaban J connectivity index is 1.62. The van der Waals surface area contributed by atoms with Crippen LogP contribution in [0.3, 0.4) is 0 Å². The van der Waals surface area contributed by atoms with Gasteiger partial charge in [0.2, 0.25) is 0 Å². The van der Waals surface area contributed by atoms with E-state index in [1.165, 1.54) is 12.1 Å². The Hall–Kier alpha value is -1.56. The summed E-state index contributed by atoms with van der Waals surface area (Å²) in [7, 11) is 0. The summed E-state index contributed by atoms with van der Waals surface area (Å²) in [5, 5.41) is 1.74. The number of benzene rings is 2. The van der Waals surface area contributed by atoms with Gasteiger partial charge >= 0.3 is 0 Å². The summed E-state index contributed by atoms with van der Waals surface area (Å²) in [6.45, 7) is 0.870. The van der Waals surface area contributed by atoms with Crippen molar-refractivity contribution in [3.63, 3.8) is 0 Å². The zero-order valence-corrected chi connectivity index (χ0v) is 12.1. The van der Waals surface area contributed by atoms with E-state index in [0.29, 0.717) is 19.8 Å². The topological polar surface area (TPSA) is 27.7 Å². The van der Waals surface area contributed by atoms with Crippen LogP contribution < -0.4 is 0 Å². The number of rotatable bonds is 5. The SMILES string of the molecule is FC(F)(COC[C@@H]1COCCO1)c1ccc2ccccc2c1. The largest absolute Gasteiger partial charge is 0.376 e. The van der Waals surface area contributed by atoms with E-state index in [1.54, 1.807) is 6.07 Å². The normalized spacial score (nSPS) is 19.5. The van der Waals surface area contributed by atoms with Crippen molar-refractivity contribution < 1.29 is 23.0 Å². The summed E-state index contributed by atoms with van der Waals surface area (Å²) in [5.74, 6) is -3.03. The number of alkyl halides is 2. The summed E-state index contributed by atoms with van der Waals surface area (Å²) >= 11 is 0. The van der Waals surface area contributed by atoms with Crippen molar-refractivity contribution in [2.45, 2.75) is 12.0 Å². The van der Waals surface area contributed by atoms with Gasteiger partial charge < -0.3 is 14.2 Å². The summed E-state index contributed by atoms with van der Waals surface area (Å²) < 4.78 is 44.2. The molecule has 1 heterocycles. The van der Waals surface area contributed by atoms with Gasteiger partial charge in [0.25, 0.3) is 5.92 Å². The molecule has 1 aliphatic rings. The fourth-order valence-electron chi connectivity index (χ4n) is 2.45. The molecule has 2 aromatic rings. The second kappa shape index (κ2) is 6.69. The van der Waals surface area contributed by atoms with E-state index in [0.717, 1.165) is 10.8 Å². The van der Waals surface area contributed by atoms with Crippen molar-refractivity contribution in [3.05, 3.63) is 48.0 Å². The molecule has 3 nitrogen and oxygen atoms in total. The van der Waals surface area contributed by atoms with Crippen molar-refractivity contribution >= 4 is 10.8 Å². The standard InChI is InChI=1S/C17H18F2O3/c18-17(19,12-21-11-16-10-20-7-8-22-16)15-6-5-13-3-1-2-4-14(13)9-15/h1-6,9,16H,7-8,10-12H2/t16-/m0/s1. The van der Waals surface area contributed by atoms with Gasteiger partial charge in [0.05, 0.1) is 26.4 Å². The average Bonchev–Trinajstić information content (AvgIpc) is 2.55.